The van der Waals surface area contributed by atoms with Crippen LogP contribution in [-0.2, 0) is 0 Å². The Balaban J connectivity index is 1.58. The van der Waals surface area contributed by atoms with Crippen LogP contribution in [0.1, 0.15) is 21.6 Å². The molecule has 130 valence electrons. The van der Waals surface area contributed by atoms with Crippen molar-refractivity contribution in [3.63, 3.8) is 0 Å². The summed E-state index contributed by atoms with van der Waals surface area (Å²) in [6.45, 7) is 4.87. The Bertz CT molecular complexity index is 899. The Hall–Kier alpha value is -2.95. The van der Waals surface area contributed by atoms with Gasteiger partial charge in [-0.3, -0.25) is 4.79 Å². The zero-order valence-corrected chi connectivity index (χ0v) is 14.7. The van der Waals surface area contributed by atoms with Crippen LogP contribution >= 0.6 is 0 Å². The third-order valence-corrected chi connectivity index (χ3v) is 4.28. The molecule has 0 saturated heterocycles. The average Bonchev–Trinajstić information content (AvgIpc) is 2.92. The number of carbonyl (C=O) groups excluding carboxylic acids is 1. The highest BCUT2D eigenvalue weighted by atomic mass is 16.5. The number of rotatable bonds is 6. The van der Waals surface area contributed by atoms with Crippen LogP contribution in [0.3, 0.4) is 0 Å². The first-order valence-electron chi connectivity index (χ1n) is 8.23. The molecule has 0 aliphatic rings. The van der Waals surface area contributed by atoms with E-state index in [9.17, 15) is 4.79 Å². The van der Waals surface area contributed by atoms with E-state index < -0.39 is 0 Å². The number of aromatic nitrogens is 1. The van der Waals surface area contributed by atoms with E-state index in [-0.39, 0.29) is 5.91 Å². The van der Waals surface area contributed by atoms with Crippen LogP contribution in [0.5, 0.6) is 11.5 Å². The van der Waals surface area contributed by atoms with E-state index >= 15 is 0 Å². The van der Waals surface area contributed by atoms with E-state index in [0.29, 0.717) is 30.2 Å². The minimum absolute atomic E-state index is 0.108. The lowest BCUT2D eigenvalue weighted by Gasteiger charge is -2.11. The van der Waals surface area contributed by atoms with Gasteiger partial charge in [0.2, 0.25) is 0 Å². The normalized spacial score (nSPS) is 10.7. The van der Waals surface area contributed by atoms with Crippen molar-refractivity contribution in [2.24, 2.45) is 0 Å². The fraction of sp³-hybridized carbons (Fsp3) is 0.250. The average molecular weight is 338 g/mol. The second-order valence-electron chi connectivity index (χ2n) is 5.89. The number of aryl methyl sites for hydroxylation is 2. The summed E-state index contributed by atoms with van der Waals surface area (Å²) in [5, 5.41) is 3.96. The van der Waals surface area contributed by atoms with Gasteiger partial charge < -0.3 is 19.8 Å². The molecule has 1 heterocycles. The van der Waals surface area contributed by atoms with Crippen molar-refractivity contribution in [2.45, 2.75) is 13.8 Å². The third kappa shape index (κ3) is 3.60. The number of H-pyrrole nitrogens is 1. The van der Waals surface area contributed by atoms with E-state index in [1.165, 1.54) is 5.56 Å². The van der Waals surface area contributed by atoms with E-state index in [1.807, 2.05) is 49.4 Å². The van der Waals surface area contributed by atoms with Crippen molar-refractivity contribution in [1.29, 1.82) is 0 Å². The van der Waals surface area contributed by atoms with E-state index in [0.717, 1.165) is 16.6 Å². The Morgan fingerprint density at radius 2 is 1.88 bits per heavy atom. The molecule has 25 heavy (non-hydrogen) atoms. The summed E-state index contributed by atoms with van der Waals surface area (Å²) < 4.78 is 10.9. The van der Waals surface area contributed by atoms with Crippen LogP contribution in [0, 0.1) is 13.8 Å². The zero-order valence-electron chi connectivity index (χ0n) is 14.7. The van der Waals surface area contributed by atoms with Gasteiger partial charge in [0, 0.05) is 22.2 Å². The second kappa shape index (κ2) is 7.30. The number of para-hydroxylation sites is 2. The van der Waals surface area contributed by atoms with E-state index in [4.69, 9.17) is 9.47 Å². The number of carbonyl (C=O) groups is 1. The Morgan fingerprint density at radius 1 is 1.12 bits per heavy atom. The Kier molecular flexibility index (Phi) is 4.93. The predicted molar refractivity (Wildman–Crippen MR) is 98.6 cm³/mol. The van der Waals surface area contributed by atoms with Crippen LogP contribution in [0.2, 0.25) is 0 Å². The number of aromatic amines is 1. The number of amides is 1. The topological polar surface area (TPSA) is 63.4 Å². The van der Waals surface area contributed by atoms with Gasteiger partial charge in [0.1, 0.15) is 6.61 Å². The molecule has 0 aliphatic carbocycles. The molecule has 2 N–H and O–H groups in total. The zero-order chi connectivity index (χ0) is 17.8. The van der Waals surface area contributed by atoms with Gasteiger partial charge in [-0.2, -0.15) is 0 Å². The minimum atomic E-state index is -0.108. The number of benzene rings is 2. The highest BCUT2D eigenvalue weighted by Crippen LogP contribution is 2.25. The van der Waals surface area contributed by atoms with Gasteiger partial charge in [0.05, 0.1) is 13.7 Å². The number of hydrogen-bond acceptors (Lipinski definition) is 3. The van der Waals surface area contributed by atoms with E-state index in [1.54, 1.807) is 7.11 Å². The molecule has 0 radical (unpaired) electrons. The van der Waals surface area contributed by atoms with Gasteiger partial charge >= 0.3 is 0 Å². The minimum Gasteiger partial charge on any atom is -0.493 e. The van der Waals surface area contributed by atoms with Gasteiger partial charge in [-0.15, -0.1) is 0 Å². The van der Waals surface area contributed by atoms with Gasteiger partial charge in [0.25, 0.3) is 5.91 Å². The molecule has 1 aromatic heterocycles. The molecule has 0 spiro atoms. The molecule has 0 saturated carbocycles. The number of hydrogen-bond donors (Lipinski definition) is 2. The van der Waals surface area contributed by atoms with Gasteiger partial charge in [-0.05, 0) is 49.7 Å². The van der Waals surface area contributed by atoms with E-state index in [2.05, 4.69) is 17.2 Å². The first kappa shape index (κ1) is 16.9. The van der Waals surface area contributed by atoms with Crippen molar-refractivity contribution >= 4 is 16.8 Å². The summed E-state index contributed by atoms with van der Waals surface area (Å²) >= 11 is 0. The lowest BCUT2D eigenvalue weighted by atomic mass is 10.1. The summed E-state index contributed by atoms with van der Waals surface area (Å²) in [6, 6.07) is 13.1. The summed E-state index contributed by atoms with van der Waals surface area (Å²) in [4.78, 5) is 15.6. The maximum Gasteiger partial charge on any atom is 0.251 e. The van der Waals surface area contributed by atoms with Crippen LogP contribution < -0.4 is 14.8 Å². The number of ether oxygens (including phenoxy) is 2. The molecule has 5 nitrogen and oxygen atoms in total. The molecule has 2 aromatic carbocycles. The fourth-order valence-electron chi connectivity index (χ4n) is 2.77. The quantitative estimate of drug-likeness (QED) is 0.675. The molecule has 1 amide bonds. The largest absolute Gasteiger partial charge is 0.493 e. The van der Waals surface area contributed by atoms with Crippen LogP contribution in [0.15, 0.2) is 42.5 Å². The molecule has 3 aromatic rings. The monoisotopic (exact) mass is 338 g/mol. The second-order valence-corrected chi connectivity index (χ2v) is 5.89. The molecule has 0 aliphatic heterocycles. The van der Waals surface area contributed by atoms with Crippen molar-refractivity contribution in [1.82, 2.24) is 10.3 Å². The first-order chi connectivity index (χ1) is 12.1. The highest BCUT2D eigenvalue weighted by Gasteiger charge is 2.10. The lowest BCUT2D eigenvalue weighted by Crippen LogP contribution is -2.28. The maximum atomic E-state index is 12.3. The number of fused-ring (bicyclic) bond motifs is 1. The van der Waals surface area contributed by atoms with Crippen LogP contribution in [-0.4, -0.2) is 31.2 Å². The fourth-order valence-corrected chi connectivity index (χ4v) is 2.77. The maximum absolute atomic E-state index is 12.3. The molecular formula is C20H22N2O3. The molecular weight excluding hydrogens is 316 g/mol. The molecule has 0 atom stereocenters. The predicted octanol–water partition coefficient (Wildman–Crippen LogP) is 3.60. The van der Waals surface area contributed by atoms with Gasteiger partial charge in [-0.25, -0.2) is 0 Å². The number of methoxy groups -OCH3 is 1. The molecule has 3 rings (SSSR count). The first-order valence-corrected chi connectivity index (χ1v) is 8.23. The molecule has 5 heteroatoms. The lowest BCUT2D eigenvalue weighted by molar-refractivity contribution is 0.0947. The van der Waals surface area contributed by atoms with Gasteiger partial charge in [-0.1, -0.05) is 12.1 Å². The van der Waals surface area contributed by atoms with Crippen molar-refractivity contribution in [2.75, 3.05) is 20.3 Å². The molecule has 0 fully saturated rings. The standard InChI is InChI=1S/C20H22N2O3/c1-13-14(2)22-17-9-8-15(12-16(13)17)20(23)21-10-11-25-19-7-5-4-6-18(19)24-3/h4-9,12,22H,10-11H2,1-3H3,(H,21,23). The Labute approximate surface area is 147 Å². The van der Waals surface area contributed by atoms with Gasteiger partial charge in [0.15, 0.2) is 11.5 Å². The molecule has 0 bridgehead atoms. The third-order valence-electron chi connectivity index (χ3n) is 4.28. The van der Waals surface area contributed by atoms with Crippen LogP contribution in [0.4, 0.5) is 0 Å². The van der Waals surface area contributed by atoms with Crippen molar-refractivity contribution < 1.29 is 14.3 Å². The SMILES string of the molecule is COc1ccccc1OCCNC(=O)c1ccc2[nH]c(C)c(C)c2c1. The van der Waals surface area contributed by atoms with Crippen molar-refractivity contribution in [3.05, 3.63) is 59.3 Å². The molecule has 0 unspecified atom stereocenters. The summed E-state index contributed by atoms with van der Waals surface area (Å²) in [5.41, 5.74) is 3.99. The smallest absolute Gasteiger partial charge is 0.251 e. The number of nitrogens with one attached hydrogen (secondary N) is 2. The Morgan fingerprint density at radius 3 is 2.64 bits per heavy atom. The van der Waals surface area contributed by atoms with Crippen LogP contribution in [0.25, 0.3) is 10.9 Å². The summed E-state index contributed by atoms with van der Waals surface area (Å²) in [7, 11) is 1.60. The summed E-state index contributed by atoms with van der Waals surface area (Å²) in [5.74, 6) is 1.24. The van der Waals surface area contributed by atoms with Crippen molar-refractivity contribution in [3.8, 4) is 11.5 Å². The highest BCUT2D eigenvalue weighted by molar-refractivity contribution is 5.99. The summed E-state index contributed by atoms with van der Waals surface area (Å²) in [6.07, 6.45) is 0.